The highest BCUT2D eigenvalue weighted by molar-refractivity contribution is 5.91. The summed E-state index contributed by atoms with van der Waals surface area (Å²) < 4.78 is 44.8. The number of nitrogens with one attached hydrogen (secondary N) is 2. The van der Waals surface area contributed by atoms with E-state index in [9.17, 15) is 18.0 Å². The van der Waals surface area contributed by atoms with Gasteiger partial charge < -0.3 is 10.1 Å². The Morgan fingerprint density at radius 1 is 1.12 bits per heavy atom. The van der Waals surface area contributed by atoms with E-state index in [0.717, 1.165) is 12.8 Å². The van der Waals surface area contributed by atoms with Gasteiger partial charge in [0.25, 0.3) is 5.56 Å². The summed E-state index contributed by atoms with van der Waals surface area (Å²) in [5, 5.41) is 5.29. The molecule has 2 N–H and O–H groups in total. The van der Waals surface area contributed by atoms with Crippen LogP contribution in [0.25, 0.3) is 16.8 Å². The van der Waals surface area contributed by atoms with E-state index < -0.39 is 19.0 Å². The van der Waals surface area contributed by atoms with Gasteiger partial charge in [0.2, 0.25) is 0 Å². The molecule has 1 unspecified atom stereocenters. The molecule has 9 heteroatoms. The topological polar surface area (TPSA) is 67.7 Å². The van der Waals surface area contributed by atoms with Crippen molar-refractivity contribution in [3.8, 4) is 22.6 Å². The Morgan fingerprint density at radius 2 is 1.82 bits per heavy atom. The molecule has 2 aromatic carbocycles. The molecule has 34 heavy (non-hydrogen) atoms. The zero-order valence-electron chi connectivity index (χ0n) is 18.4. The van der Waals surface area contributed by atoms with Gasteiger partial charge >= 0.3 is 6.18 Å². The molecule has 6 nitrogen and oxygen atoms in total. The van der Waals surface area contributed by atoms with E-state index in [0.29, 0.717) is 39.9 Å². The fourth-order valence-corrected chi connectivity index (χ4v) is 4.06. The highest BCUT2D eigenvalue weighted by Crippen LogP contribution is 2.40. The van der Waals surface area contributed by atoms with Crippen LogP contribution < -0.4 is 20.9 Å². The maximum Gasteiger partial charge on any atom is 0.401 e. The summed E-state index contributed by atoms with van der Waals surface area (Å²) >= 11 is 0. The van der Waals surface area contributed by atoms with Crippen LogP contribution in [0.3, 0.4) is 0 Å². The molecule has 1 saturated carbocycles. The number of pyridine rings is 1. The molecule has 0 saturated heterocycles. The maximum atomic E-state index is 13.7. The number of nitrogens with zero attached hydrogens (tertiary/aromatic N) is 2. The first-order chi connectivity index (χ1) is 16.3. The van der Waals surface area contributed by atoms with E-state index in [1.807, 2.05) is 24.3 Å². The second kappa shape index (κ2) is 8.64. The highest BCUT2D eigenvalue weighted by Gasteiger charge is 2.30. The molecule has 176 valence electrons. The van der Waals surface area contributed by atoms with Gasteiger partial charge in [-0.1, -0.05) is 24.3 Å². The van der Waals surface area contributed by atoms with Crippen LogP contribution in [0, 0.1) is 0 Å². The maximum absolute atomic E-state index is 13.7. The molecule has 1 atom stereocenters. The first-order valence-electron chi connectivity index (χ1n) is 11.0. The van der Waals surface area contributed by atoms with Crippen LogP contribution in [0.15, 0.2) is 64.4 Å². The van der Waals surface area contributed by atoms with Crippen molar-refractivity contribution in [2.24, 2.45) is 4.99 Å². The lowest BCUT2D eigenvalue weighted by molar-refractivity contribution is -0.125. The van der Waals surface area contributed by atoms with Crippen LogP contribution in [0.2, 0.25) is 0 Å². The molecule has 1 aliphatic carbocycles. The van der Waals surface area contributed by atoms with Crippen molar-refractivity contribution in [3.05, 3.63) is 76.1 Å². The number of hydrogen-bond acceptors (Lipinski definition) is 5. The molecular weight excluding hydrogens is 445 g/mol. The van der Waals surface area contributed by atoms with Crippen molar-refractivity contribution in [2.75, 3.05) is 19.0 Å². The molecule has 0 radical (unpaired) electrons. The summed E-state index contributed by atoms with van der Waals surface area (Å²) in [7, 11) is 1.57. The van der Waals surface area contributed by atoms with Gasteiger partial charge in [0.1, 0.15) is 11.6 Å². The first-order valence-corrected chi connectivity index (χ1v) is 11.0. The quantitative estimate of drug-likeness (QED) is 0.552. The van der Waals surface area contributed by atoms with Crippen LogP contribution in [-0.2, 0) is 0 Å². The normalized spacial score (nSPS) is 17.2. The number of hydrogen-bond donors (Lipinski definition) is 2. The van der Waals surface area contributed by atoms with Crippen LogP contribution in [0.4, 0.5) is 19.0 Å². The number of aliphatic imine (C=N–C) groups is 1. The number of anilines is 1. The number of ether oxygens (including phenoxy) is 1. The standard InChI is InChI=1S/C25H23F3N4O2/c1-34-20-10-6-17(7-11-20)21-12-18-13-29-24(30-14-25(26,27)28)31-22(18)32(23(21)33)19-8-4-16(5-9-19)15-2-3-15/h4-13,15,24,30-31H,2-3,14H2,1H3. The fraction of sp³-hybridized carbons (Fsp3) is 0.280. The van der Waals surface area contributed by atoms with Crippen molar-refractivity contribution >= 4 is 12.0 Å². The summed E-state index contributed by atoms with van der Waals surface area (Å²) in [6.07, 6.45) is -1.59. The van der Waals surface area contributed by atoms with Crippen LogP contribution >= 0.6 is 0 Å². The van der Waals surface area contributed by atoms with E-state index in [1.54, 1.807) is 37.4 Å². The van der Waals surface area contributed by atoms with E-state index in [2.05, 4.69) is 15.6 Å². The summed E-state index contributed by atoms with van der Waals surface area (Å²) in [4.78, 5) is 17.9. The molecule has 3 aromatic rings. The smallest absolute Gasteiger partial charge is 0.401 e. The molecule has 1 aromatic heterocycles. The third kappa shape index (κ3) is 4.56. The molecule has 2 aliphatic rings. The number of fused-ring (bicyclic) bond motifs is 1. The minimum absolute atomic E-state index is 0.291. The van der Waals surface area contributed by atoms with Crippen molar-refractivity contribution in [1.29, 1.82) is 0 Å². The van der Waals surface area contributed by atoms with Crippen molar-refractivity contribution in [2.45, 2.75) is 31.2 Å². The van der Waals surface area contributed by atoms with E-state index in [-0.39, 0.29) is 5.56 Å². The Kier molecular flexibility index (Phi) is 5.65. The molecule has 5 rings (SSSR count). The Hall–Kier alpha value is -3.59. The Bertz CT molecular complexity index is 1280. The second-order valence-electron chi connectivity index (χ2n) is 8.42. The largest absolute Gasteiger partial charge is 0.497 e. The first kappa shape index (κ1) is 22.2. The molecule has 0 bridgehead atoms. The van der Waals surface area contributed by atoms with E-state index in [1.165, 1.54) is 16.3 Å². The lowest BCUT2D eigenvalue weighted by Gasteiger charge is -2.26. The monoisotopic (exact) mass is 468 g/mol. The second-order valence-corrected chi connectivity index (χ2v) is 8.42. The number of rotatable bonds is 6. The number of alkyl halides is 3. The number of aromatic nitrogens is 1. The van der Waals surface area contributed by atoms with Gasteiger partial charge in [-0.05, 0) is 60.2 Å². The van der Waals surface area contributed by atoms with Crippen molar-refractivity contribution < 1.29 is 17.9 Å². The Balaban J connectivity index is 1.59. The van der Waals surface area contributed by atoms with Gasteiger partial charge in [0.15, 0.2) is 6.29 Å². The lowest BCUT2D eigenvalue weighted by Crippen LogP contribution is -2.43. The molecule has 2 heterocycles. The Labute approximate surface area is 194 Å². The summed E-state index contributed by atoms with van der Waals surface area (Å²) in [5.41, 5.74) is 3.29. The van der Waals surface area contributed by atoms with Gasteiger partial charge in [-0.25, -0.2) is 0 Å². The molecule has 0 amide bonds. The third-order valence-electron chi connectivity index (χ3n) is 5.96. The Morgan fingerprint density at radius 3 is 2.44 bits per heavy atom. The minimum Gasteiger partial charge on any atom is -0.497 e. The third-order valence-corrected chi connectivity index (χ3v) is 5.96. The van der Waals surface area contributed by atoms with Crippen molar-refractivity contribution in [1.82, 2.24) is 9.88 Å². The number of halogens is 3. The highest BCUT2D eigenvalue weighted by atomic mass is 19.4. The SMILES string of the molecule is COc1ccc(-c2cc3c(n(-c4ccc(C5CC5)cc4)c2=O)NC(NCC(F)(F)F)N=C3)cc1. The minimum atomic E-state index is -4.38. The van der Waals surface area contributed by atoms with Gasteiger partial charge in [0.05, 0.1) is 19.3 Å². The molecular formula is C25H23F3N4O2. The zero-order valence-corrected chi connectivity index (χ0v) is 18.4. The molecule has 1 fully saturated rings. The van der Waals surface area contributed by atoms with E-state index >= 15 is 0 Å². The average Bonchev–Trinajstić information content (AvgIpc) is 3.68. The van der Waals surface area contributed by atoms with E-state index in [4.69, 9.17) is 4.74 Å². The van der Waals surface area contributed by atoms with Crippen molar-refractivity contribution in [3.63, 3.8) is 0 Å². The van der Waals surface area contributed by atoms with Crippen LogP contribution in [0.5, 0.6) is 5.75 Å². The average molecular weight is 468 g/mol. The molecule has 1 aliphatic heterocycles. The summed E-state index contributed by atoms with van der Waals surface area (Å²) in [5.74, 6) is 1.61. The van der Waals surface area contributed by atoms with Gasteiger partial charge in [0, 0.05) is 17.3 Å². The van der Waals surface area contributed by atoms with Gasteiger partial charge in [-0.3, -0.25) is 19.7 Å². The molecule has 0 spiro atoms. The zero-order chi connectivity index (χ0) is 23.9. The lowest BCUT2D eigenvalue weighted by atomic mass is 10.0. The fourth-order valence-electron chi connectivity index (χ4n) is 4.06. The predicted octanol–water partition coefficient (Wildman–Crippen LogP) is 4.67. The van der Waals surface area contributed by atoms with Gasteiger partial charge in [-0.2, -0.15) is 13.2 Å². The summed E-state index contributed by atoms with van der Waals surface area (Å²) in [6, 6.07) is 16.6. The number of methoxy groups -OCH3 is 1. The van der Waals surface area contributed by atoms with Crippen LogP contribution in [-0.4, -0.2) is 36.9 Å². The predicted molar refractivity (Wildman–Crippen MR) is 125 cm³/mol. The van der Waals surface area contributed by atoms with Crippen LogP contribution in [0.1, 0.15) is 29.9 Å². The summed E-state index contributed by atoms with van der Waals surface area (Å²) in [6.45, 7) is -1.21. The number of benzene rings is 2. The van der Waals surface area contributed by atoms with Gasteiger partial charge in [-0.15, -0.1) is 0 Å².